The van der Waals surface area contributed by atoms with Gasteiger partial charge in [-0.3, -0.25) is 4.79 Å². The lowest BCUT2D eigenvalue weighted by Gasteiger charge is -1.99. The van der Waals surface area contributed by atoms with Crippen molar-refractivity contribution in [1.82, 2.24) is 5.32 Å². The lowest BCUT2D eigenvalue weighted by Crippen LogP contribution is -2.26. The average Bonchev–Trinajstić information content (AvgIpc) is 2.71. The van der Waals surface area contributed by atoms with Crippen LogP contribution in [0.3, 0.4) is 0 Å². The molecule has 0 aliphatic heterocycles. The molecule has 0 radical (unpaired) electrons. The van der Waals surface area contributed by atoms with E-state index in [4.69, 9.17) is 9.52 Å². The number of aromatic carboxylic acids is 1. The molecule has 2 unspecified atom stereocenters. The van der Waals surface area contributed by atoms with Gasteiger partial charge in [0.05, 0.1) is 0 Å². The molecule has 1 heterocycles. The Labute approximate surface area is 86.1 Å². The van der Waals surface area contributed by atoms with E-state index < -0.39 is 5.97 Å². The first-order valence-electron chi connectivity index (χ1n) is 4.72. The van der Waals surface area contributed by atoms with Crippen molar-refractivity contribution < 1.29 is 19.1 Å². The van der Waals surface area contributed by atoms with Crippen LogP contribution in [0.2, 0.25) is 0 Å². The molecule has 2 atom stereocenters. The van der Waals surface area contributed by atoms with E-state index in [-0.39, 0.29) is 23.5 Å². The summed E-state index contributed by atoms with van der Waals surface area (Å²) in [5.74, 6) is -1.19. The molecule has 1 fully saturated rings. The Kier molecular flexibility index (Phi) is 2.22. The molecule has 1 aliphatic rings. The molecule has 2 rings (SSSR count). The van der Waals surface area contributed by atoms with Gasteiger partial charge in [0.2, 0.25) is 5.76 Å². The Morgan fingerprint density at radius 1 is 1.47 bits per heavy atom. The molecular formula is C10H11NO4. The largest absolute Gasteiger partial charge is 0.475 e. The Bertz CT molecular complexity index is 409. The van der Waals surface area contributed by atoms with Gasteiger partial charge < -0.3 is 14.8 Å². The van der Waals surface area contributed by atoms with Gasteiger partial charge >= 0.3 is 5.97 Å². The maximum absolute atomic E-state index is 11.5. The van der Waals surface area contributed by atoms with Gasteiger partial charge in [-0.1, -0.05) is 6.92 Å². The molecule has 5 nitrogen and oxygen atoms in total. The summed E-state index contributed by atoms with van der Waals surface area (Å²) in [6, 6.07) is 2.84. The zero-order chi connectivity index (χ0) is 11.0. The molecule has 1 amide bonds. The number of nitrogens with one attached hydrogen (secondary N) is 1. The summed E-state index contributed by atoms with van der Waals surface area (Å²) in [7, 11) is 0. The van der Waals surface area contributed by atoms with Gasteiger partial charge in [0.15, 0.2) is 5.76 Å². The van der Waals surface area contributed by atoms with Crippen LogP contribution < -0.4 is 5.32 Å². The third-order valence-electron chi connectivity index (χ3n) is 2.47. The molecule has 2 N–H and O–H groups in total. The molecule has 0 aromatic carbocycles. The lowest BCUT2D eigenvalue weighted by molar-refractivity contribution is 0.0659. The summed E-state index contributed by atoms with van der Waals surface area (Å²) >= 11 is 0. The monoisotopic (exact) mass is 209 g/mol. The van der Waals surface area contributed by atoms with Crippen molar-refractivity contribution in [3.8, 4) is 0 Å². The zero-order valence-corrected chi connectivity index (χ0v) is 8.19. The summed E-state index contributed by atoms with van der Waals surface area (Å²) in [4.78, 5) is 22.0. The van der Waals surface area contributed by atoms with Gasteiger partial charge in [0.25, 0.3) is 5.91 Å². The highest BCUT2D eigenvalue weighted by Crippen LogP contribution is 2.29. The first-order chi connectivity index (χ1) is 7.08. The van der Waals surface area contributed by atoms with Crippen molar-refractivity contribution in [1.29, 1.82) is 0 Å². The van der Waals surface area contributed by atoms with Crippen molar-refractivity contribution in [2.24, 2.45) is 5.92 Å². The van der Waals surface area contributed by atoms with Crippen LogP contribution in [-0.4, -0.2) is 23.0 Å². The molecule has 0 bridgehead atoms. The summed E-state index contributed by atoms with van der Waals surface area (Å²) < 4.78 is 4.86. The third-order valence-corrected chi connectivity index (χ3v) is 2.47. The maximum atomic E-state index is 11.5. The molecule has 1 saturated carbocycles. The van der Waals surface area contributed by atoms with Crippen molar-refractivity contribution in [2.75, 3.05) is 0 Å². The second-order valence-corrected chi connectivity index (χ2v) is 3.76. The van der Waals surface area contributed by atoms with Crippen LogP contribution in [0.1, 0.15) is 34.5 Å². The van der Waals surface area contributed by atoms with Gasteiger partial charge in [0.1, 0.15) is 0 Å². The molecule has 1 aromatic heterocycles. The minimum Gasteiger partial charge on any atom is -0.475 e. The van der Waals surface area contributed by atoms with E-state index in [1.807, 2.05) is 6.92 Å². The number of hydrogen-bond acceptors (Lipinski definition) is 3. The summed E-state index contributed by atoms with van der Waals surface area (Å²) in [6.45, 7) is 2.04. The number of furan rings is 1. The van der Waals surface area contributed by atoms with E-state index in [0.717, 1.165) is 6.42 Å². The van der Waals surface area contributed by atoms with E-state index in [9.17, 15) is 9.59 Å². The lowest BCUT2D eigenvalue weighted by atomic mass is 10.4. The van der Waals surface area contributed by atoms with Crippen LogP contribution in [-0.2, 0) is 0 Å². The quantitative estimate of drug-likeness (QED) is 0.781. The Morgan fingerprint density at radius 2 is 2.07 bits per heavy atom. The number of carboxylic acids is 1. The third kappa shape index (κ3) is 2.01. The topological polar surface area (TPSA) is 79.5 Å². The van der Waals surface area contributed by atoms with E-state index in [0.29, 0.717) is 5.92 Å². The normalized spacial score (nSPS) is 23.5. The fourth-order valence-electron chi connectivity index (χ4n) is 1.34. The van der Waals surface area contributed by atoms with Crippen LogP contribution >= 0.6 is 0 Å². The second kappa shape index (κ2) is 3.42. The minimum absolute atomic E-state index is 0.0477. The van der Waals surface area contributed by atoms with E-state index in [2.05, 4.69) is 5.32 Å². The van der Waals surface area contributed by atoms with Crippen molar-refractivity contribution in [3.63, 3.8) is 0 Å². The van der Waals surface area contributed by atoms with E-state index in [1.165, 1.54) is 12.1 Å². The Hall–Kier alpha value is -1.78. The summed E-state index contributed by atoms with van der Waals surface area (Å²) in [5.41, 5.74) is 0. The van der Waals surface area contributed by atoms with Crippen molar-refractivity contribution >= 4 is 11.9 Å². The van der Waals surface area contributed by atoms with Crippen LogP contribution in [0.4, 0.5) is 0 Å². The predicted octanol–water partition coefficient (Wildman–Crippen LogP) is 1.12. The second-order valence-electron chi connectivity index (χ2n) is 3.76. The van der Waals surface area contributed by atoms with Gasteiger partial charge in [-0.05, 0) is 24.5 Å². The summed E-state index contributed by atoms with van der Waals surface area (Å²) in [6.07, 6.45) is 0.970. The minimum atomic E-state index is -1.17. The number of carbonyl (C=O) groups excluding carboxylic acids is 1. The van der Waals surface area contributed by atoms with Crippen molar-refractivity contribution in [3.05, 3.63) is 23.7 Å². The SMILES string of the molecule is CC1CC1NC(=O)c1ccc(C(=O)O)o1. The van der Waals surface area contributed by atoms with Gasteiger partial charge in [-0.15, -0.1) is 0 Å². The summed E-state index contributed by atoms with van der Waals surface area (Å²) in [5, 5.41) is 11.3. The number of rotatable bonds is 3. The molecule has 1 aliphatic carbocycles. The van der Waals surface area contributed by atoms with Gasteiger partial charge in [-0.2, -0.15) is 0 Å². The fourth-order valence-corrected chi connectivity index (χ4v) is 1.34. The Balaban J connectivity index is 2.02. The van der Waals surface area contributed by atoms with E-state index in [1.54, 1.807) is 0 Å². The molecule has 0 spiro atoms. The molecule has 1 aromatic rings. The predicted molar refractivity (Wildman–Crippen MR) is 50.7 cm³/mol. The van der Waals surface area contributed by atoms with Crippen LogP contribution in [0, 0.1) is 5.92 Å². The van der Waals surface area contributed by atoms with Gasteiger partial charge in [0, 0.05) is 6.04 Å². The zero-order valence-electron chi connectivity index (χ0n) is 8.19. The number of hydrogen-bond donors (Lipinski definition) is 2. The van der Waals surface area contributed by atoms with Crippen LogP contribution in [0.5, 0.6) is 0 Å². The standard InChI is InChI=1S/C10H11NO4/c1-5-4-6(5)11-9(12)7-2-3-8(15-7)10(13)14/h2-3,5-6H,4H2,1H3,(H,11,12)(H,13,14). The highest BCUT2D eigenvalue weighted by Gasteiger charge is 2.34. The maximum Gasteiger partial charge on any atom is 0.371 e. The highest BCUT2D eigenvalue weighted by atomic mass is 16.4. The van der Waals surface area contributed by atoms with Crippen LogP contribution in [0.15, 0.2) is 16.5 Å². The molecule has 15 heavy (non-hydrogen) atoms. The number of carbonyl (C=O) groups is 2. The van der Waals surface area contributed by atoms with Crippen LogP contribution in [0.25, 0.3) is 0 Å². The first kappa shape index (κ1) is 9.76. The van der Waals surface area contributed by atoms with Gasteiger partial charge in [-0.25, -0.2) is 4.79 Å². The average molecular weight is 209 g/mol. The molecule has 5 heteroatoms. The fraction of sp³-hybridized carbons (Fsp3) is 0.400. The first-order valence-corrected chi connectivity index (χ1v) is 4.72. The number of carboxylic acid groups (broad SMARTS) is 1. The van der Waals surface area contributed by atoms with E-state index >= 15 is 0 Å². The highest BCUT2D eigenvalue weighted by molar-refractivity contribution is 5.93. The Morgan fingerprint density at radius 3 is 2.53 bits per heavy atom. The number of amides is 1. The smallest absolute Gasteiger partial charge is 0.371 e. The molecule has 0 saturated heterocycles. The molecule has 80 valence electrons. The molecular weight excluding hydrogens is 198 g/mol. The van der Waals surface area contributed by atoms with Crippen molar-refractivity contribution in [2.45, 2.75) is 19.4 Å².